The van der Waals surface area contributed by atoms with Crippen LogP contribution in [0.15, 0.2) is 23.8 Å². The second kappa shape index (κ2) is 10.2. The second-order valence-corrected chi connectivity index (χ2v) is 13.1. The van der Waals surface area contributed by atoms with Gasteiger partial charge in [-0.05, 0) is 0 Å². The van der Waals surface area contributed by atoms with Gasteiger partial charge in [0, 0.05) is 0 Å². The number of nitrogens with two attached hydrogens (primary N) is 2. The molecule has 2 fully saturated rings. The topological polar surface area (TPSA) is 244 Å². The fourth-order valence-electron chi connectivity index (χ4n) is 4.94. The summed E-state index contributed by atoms with van der Waals surface area (Å²) in [4.78, 5) is 34.3. The first kappa shape index (κ1) is 27.9. The van der Waals surface area contributed by atoms with Gasteiger partial charge in [0.25, 0.3) is 12.1 Å². The number of hydrogen-bond donors (Lipinski definition) is 6. The van der Waals surface area contributed by atoms with E-state index in [-0.39, 0.29) is 34.1 Å². The van der Waals surface area contributed by atoms with Crippen LogP contribution in [0, 0.1) is 0 Å². The first-order chi connectivity index (χ1) is 19.5. The molecule has 4 aromatic rings. The molecule has 21 heteroatoms. The summed E-state index contributed by atoms with van der Waals surface area (Å²) in [5.74, 6) is -0.204. The lowest BCUT2D eigenvalue weighted by molar-refractivity contribution is -0.0416. The molecule has 0 bridgehead atoms. The molecule has 0 saturated carbocycles. The molecule has 2 saturated heterocycles. The van der Waals surface area contributed by atoms with E-state index in [0.717, 1.165) is 17.2 Å². The van der Waals surface area contributed by atoms with Crippen molar-refractivity contribution >= 4 is 52.9 Å². The number of fused-ring (bicyclic) bond motifs is 2. The van der Waals surface area contributed by atoms with E-state index in [4.69, 9.17) is 25.5 Å². The lowest BCUT2D eigenvalue weighted by Gasteiger charge is -2.27. The van der Waals surface area contributed by atoms with Crippen molar-refractivity contribution < 1.29 is 37.6 Å². The molecule has 0 amide bonds. The first-order valence-electron chi connectivity index (χ1n) is 12.0. The van der Waals surface area contributed by atoms with E-state index in [2.05, 4.69) is 42.2 Å². The number of aromatic nitrogens is 8. The molecular weight excluding hydrogens is 593 g/mol. The van der Waals surface area contributed by atoms with Crippen LogP contribution in [0.1, 0.15) is 12.5 Å². The zero-order valence-electron chi connectivity index (χ0n) is 20.6. The largest absolute Gasteiger partial charge is 0.394 e. The van der Waals surface area contributed by atoms with Crippen molar-refractivity contribution in [2.45, 2.75) is 48.8 Å². The molecule has 6 heterocycles. The Morgan fingerprint density at radius 2 is 1.73 bits per heavy atom. The van der Waals surface area contributed by atoms with Crippen LogP contribution in [-0.4, -0.2) is 98.8 Å². The van der Waals surface area contributed by atoms with Crippen LogP contribution in [0.25, 0.3) is 22.3 Å². The quantitative estimate of drug-likeness (QED) is 0.113. The van der Waals surface area contributed by atoms with Crippen molar-refractivity contribution in [2.75, 3.05) is 24.7 Å². The van der Waals surface area contributed by atoms with Gasteiger partial charge in [-0.15, -0.1) is 0 Å². The number of hydrogen-bond acceptors (Lipinski definition) is 14. The highest BCUT2D eigenvalue weighted by Gasteiger charge is 2.56. The summed E-state index contributed by atoms with van der Waals surface area (Å²) < 4.78 is 63.5. The molecule has 4 aromatic heterocycles. The SMILES string of the molecule is Nc1nc2c(ncn2C2O[C@H](CO)[C@@H](F)[C@H]2P(=O)(S)OC[C@H]2O[C@@H](n3cnc4c(N)ncnc43)[C@@H](F)[C@@H]2O)c(=O)[nH]1. The maximum atomic E-state index is 15.5. The van der Waals surface area contributed by atoms with Gasteiger partial charge in [-0.1, -0.05) is 12.2 Å². The summed E-state index contributed by atoms with van der Waals surface area (Å²) in [6, 6.07) is 0. The van der Waals surface area contributed by atoms with Gasteiger partial charge in [0.2, 0.25) is 5.95 Å². The highest BCUT2D eigenvalue weighted by molar-refractivity contribution is 8.46. The predicted molar refractivity (Wildman–Crippen MR) is 139 cm³/mol. The van der Waals surface area contributed by atoms with E-state index in [9.17, 15) is 19.6 Å². The maximum absolute atomic E-state index is 15.5. The number of halogens is 2. The number of anilines is 2. The molecule has 2 aliphatic rings. The normalized spacial score (nSPS) is 31.7. The van der Waals surface area contributed by atoms with Gasteiger partial charge in [0.15, 0.2) is 41.3 Å². The lowest BCUT2D eigenvalue weighted by Crippen LogP contribution is -2.33. The molecular formula is C20H23F2N10O7PS. The minimum absolute atomic E-state index is 0.0575. The second-order valence-electron chi connectivity index (χ2n) is 9.40. The zero-order chi connectivity index (χ0) is 29.2. The standard InChI is InChI=1S/C20H23F2N10O7PS/c21-8-6(1-33)38-19(32-5-28-11-16(32)29-20(24)30-17(11)35)13(8)40(36,41)37-2-7-12(34)9(22)18(39-7)31-4-27-10-14(23)25-3-26-15(10)31/h3-9,12-13,18-19,33-34H,1-2H2,(H,36,41)(H2,23,25,26)(H3,24,29,30,35)/t6-,7-,8-,9+,12-,13-,18-,19?,40?/m1/s1. The Balaban J connectivity index is 1.25. The minimum atomic E-state index is -4.35. The van der Waals surface area contributed by atoms with E-state index in [1.807, 2.05) is 0 Å². The fraction of sp³-hybridized carbons (Fsp3) is 0.500. The molecule has 6 rings (SSSR count). The monoisotopic (exact) mass is 616 g/mol. The van der Waals surface area contributed by atoms with Crippen molar-refractivity contribution in [3.63, 3.8) is 0 Å². The molecule has 0 spiro atoms. The molecule has 41 heavy (non-hydrogen) atoms. The Labute approximate surface area is 232 Å². The summed E-state index contributed by atoms with van der Waals surface area (Å²) in [5, 5.41) is 20.2. The number of alkyl halides is 2. The van der Waals surface area contributed by atoms with E-state index in [1.54, 1.807) is 0 Å². The fourth-order valence-corrected chi connectivity index (χ4v) is 7.49. The number of nitrogens with one attached hydrogen (secondary N) is 1. The van der Waals surface area contributed by atoms with Crippen molar-refractivity contribution in [1.82, 2.24) is 39.0 Å². The van der Waals surface area contributed by atoms with Crippen LogP contribution in [0.3, 0.4) is 0 Å². The Hall–Kier alpha value is -3.26. The Kier molecular flexibility index (Phi) is 6.96. The summed E-state index contributed by atoms with van der Waals surface area (Å²) in [7, 11) is 0. The van der Waals surface area contributed by atoms with Gasteiger partial charge in [-0.25, -0.2) is 28.7 Å². The van der Waals surface area contributed by atoms with Crippen molar-refractivity contribution in [3.8, 4) is 0 Å². The van der Waals surface area contributed by atoms with E-state index in [1.165, 1.54) is 10.9 Å². The van der Waals surface area contributed by atoms with E-state index < -0.39 is 74.1 Å². The van der Waals surface area contributed by atoms with Crippen molar-refractivity contribution in [1.29, 1.82) is 0 Å². The number of nitrogens with zero attached hydrogens (tertiary/aromatic N) is 7. The highest BCUT2D eigenvalue weighted by Crippen LogP contribution is 2.64. The summed E-state index contributed by atoms with van der Waals surface area (Å²) in [6.45, 7) is -5.80. The molecule has 0 aromatic carbocycles. The number of imidazole rings is 2. The van der Waals surface area contributed by atoms with Crippen LogP contribution < -0.4 is 17.0 Å². The number of nitrogen functional groups attached to an aromatic ring is 2. The van der Waals surface area contributed by atoms with E-state index >= 15 is 8.78 Å². The smallest absolute Gasteiger partial charge is 0.280 e. The van der Waals surface area contributed by atoms with Gasteiger partial charge in [0.05, 0.1) is 25.9 Å². The van der Waals surface area contributed by atoms with Crippen molar-refractivity contribution in [3.05, 3.63) is 29.3 Å². The van der Waals surface area contributed by atoms with Crippen LogP contribution in [0.2, 0.25) is 0 Å². The molecule has 7 N–H and O–H groups in total. The molecule has 220 valence electrons. The molecule has 2 aliphatic heterocycles. The third-order valence-electron chi connectivity index (χ3n) is 6.95. The van der Waals surface area contributed by atoms with Gasteiger partial charge in [0.1, 0.15) is 42.0 Å². The Morgan fingerprint density at radius 1 is 1.05 bits per heavy atom. The lowest BCUT2D eigenvalue weighted by atomic mass is 10.1. The van der Waals surface area contributed by atoms with Crippen LogP contribution >= 0.6 is 18.8 Å². The average Bonchev–Trinajstić information content (AvgIpc) is 3.68. The summed E-state index contributed by atoms with van der Waals surface area (Å²) in [5.41, 5.74) is 9.17. The number of thiol groups is 1. The molecule has 0 radical (unpaired) electrons. The number of aliphatic hydroxyl groups excluding tert-OH is 2. The third-order valence-corrected chi connectivity index (χ3v) is 9.91. The van der Waals surface area contributed by atoms with Gasteiger partial charge < -0.3 is 35.7 Å². The van der Waals surface area contributed by atoms with Gasteiger partial charge in [-0.2, -0.15) is 4.98 Å². The number of aromatic amines is 1. The summed E-state index contributed by atoms with van der Waals surface area (Å²) >= 11 is 4.12. The Bertz CT molecular complexity index is 1720. The van der Waals surface area contributed by atoms with Crippen LogP contribution in [0.5, 0.6) is 0 Å². The molecule has 0 aliphatic carbocycles. The number of H-pyrrole nitrogens is 1. The average molecular weight is 617 g/mol. The maximum Gasteiger partial charge on any atom is 0.280 e. The van der Waals surface area contributed by atoms with Gasteiger partial charge >= 0.3 is 0 Å². The van der Waals surface area contributed by atoms with Crippen molar-refractivity contribution in [2.24, 2.45) is 0 Å². The van der Waals surface area contributed by atoms with Crippen LogP contribution in [0.4, 0.5) is 20.5 Å². The number of aliphatic hydroxyl groups is 2. The number of ether oxygens (including phenoxy) is 2. The van der Waals surface area contributed by atoms with Crippen LogP contribution in [-0.2, 0) is 18.6 Å². The van der Waals surface area contributed by atoms with E-state index in [0.29, 0.717) is 0 Å². The molecule has 9 atom stereocenters. The Morgan fingerprint density at radius 3 is 2.46 bits per heavy atom. The first-order valence-corrected chi connectivity index (χ1v) is 14.9. The zero-order valence-corrected chi connectivity index (χ0v) is 22.4. The van der Waals surface area contributed by atoms with Gasteiger partial charge in [-0.3, -0.25) is 23.5 Å². The minimum Gasteiger partial charge on any atom is -0.394 e. The predicted octanol–water partition coefficient (Wildman–Crippen LogP) is -0.544. The summed E-state index contributed by atoms with van der Waals surface area (Å²) in [6.07, 6.45) is -7.98. The number of rotatable bonds is 7. The highest BCUT2D eigenvalue weighted by atomic mass is 32.7. The molecule has 2 unspecified atom stereocenters. The third kappa shape index (κ3) is 4.55. The molecule has 17 nitrogen and oxygen atoms in total.